The van der Waals surface area contributed by atoms with Gasteiger partial charge in [-0.2, -0.15) is 0 Å². The van der Waals surface area contributed by atoms with E-state index in [1.54, 1.807) is 24.3 Å². The van der Waals surface area contributed by atoms with Gasteiger partial charge in [0.25, 0.3) is 0 Å². The van der Waals surface area contributed by atoms with Crippen molar-refractivity contribution in [2.24, 2.45) is 0 Å². The molecule has 0 radical (unpaired) electrons. The number of rotatable bonds is 5. The quantitative estimate of drug-likeness (QED) is 0.444. The van der Waals surface area contributed by atoms with Crippen molar-refractivity contribution >= 4 is 39.2 Å². The van der Waals surface area contributed by atoms with Crippen LogP contribution >= 0.6 is 11.3 Å². The predicted octanol–water partition coefficient (Wildman–Crippen LogP) is 5.07. The zero-order valence-corrected chi connectivity index (χ0v) is 17.0. The molecule has 0 unspecified atom stereocenters. The highest BCUT2D eigenvalue weighted by Gasteiger charge is 2.10. The van der Waals surface area contributed by atoms with Crippen molar-refractivity contribution < 1.29 is 14.3 Å². The lowest BCUT2D eigenvalue weighted by atomic mass is 10.0. The second-order valence-electron chi connectivity index (χ2n) is 6.55. The molecular formula is C23H19N3O3S. The molecule has 30 heavy (non-hydrogen) atoms. The van der Waals surface area contributed by atoms with Crippen LogP contribution in [0.2, 0.25) is 0 Å². The van der Waals surface area contributed by atoms with Crippen molar-refractivity contribution in [2.75, 3.05) is 12.4 Å². The van der Waals surface area contributed by atoms with Gasteiger partial charge in [-0.1, -0.05) is 54.6 Å². The number of nitrogens with zero attached hydrogens (tertiary/aromatic N) is 1. The number of carbonyl (C=O) groups excluding carboxylic acids is 2. The van der Waals surface area contributed by atoms with Gasteiger partial charge in [-0.3, -0.25) is 5.32 Å². The molecule has 1 heterocycles. The molecule has 0 spiro atoms. The maximum atomic E-state index is 12.3. The van der Waals surface area contributed by atoms with E-state index >= 15 is 0 Å². The number of hydrogen-bond acceptors (Lipinski definition) is 5. The van der Waals surface area contributed by atoms with Crippen molar-refractivity contribution in [3.8, 4) is 11.3 Å². The number of ether oxygens (including phenoxy) is 1. The SMILES string of the molecule is COC(=O)c1ccc(-c2csc(NC(=O)NCc3cccc4ccccc34)n2)cc1. The number of hydrogen-bond donors (Lipinski definition) is 2. The van der Waals surface area contributed by atoms with Crippen molar-refractivity contribution in [3.05, 3.63) is 83.2 Å². The summed E-state index contributed by atoms with van der Waals surface area (Å²) in [4.78, 5) is 28.3. The normalized spacial score (nSPS) is 10.6. The lowest BCUT2D eigenvalue weighted by Gasteiger charge is -2.08. The highest BCUT2D eigenvalue weighted by Crippen LogP contribution is 2.25. The van der Waals surface area contributed by atoms with Crippen LogP contribution in [0.25, 0.3) is 22.0 Å². The second kappa shape index (κ2) is 8.75. The van der Waals surface area contributed by atoms with Gasteiger partial charge in [-0.25, -0.2) is 14.6 Å². The van der Waals surface area contributed by atoms with Crippen molar-refractivity contribution in [1.29, 1.82) is 0 Å². The average molecular weight is 417 g/mol. The first-order valence-corrected chi connectivity index (χ1v) is 10.2. The molecular weight excluding hydrogens is 398 g/mol. The molecule has 6 nitrogen and oxygen atoms in total. The molecule has 0 bridgehead atoms. The number of anilines is 1. The molecule has 2 N–H and O–H groups in total. The van der Waals surface area contributed by atoms with E-state index in [1.807, 2.05) is 47.8 Å². The predicted molar refractivity (Wildman–Crippen MR) is 119 cm³/mol. The summed E-state index contributed by atoms with van der Waals surface area (Å²) in [5.41, 5.74) is 3.10. The molecule has 4 rings (SSSR count). The number of carbonyl (C=O) groups is 2. The zero-order valence-electron chi connectivity index (χ0n) is 16.2. The lowest BCUT2D eigenvalue weighted by molar-refractivity contribution is 0.0600. The molecule has 150 valence electrons. The summed E-state index contributed by atoms with van der Waals surface area (Å²) in [6.07, 6.45) is 0. The molecule has 0 aliphatic heterocycles. The number of aromatic nitrogens is 1. The standard InChI is InChI=1S/C23H19N3O3S/c1-29-21(27)17-11-9-16(10-12-17)20-14-30-23(25-20)26-22(28)24-13-18-7-4-6-15-5-2-3-8-19(15)18/h2-12,14H,13H2,1H3,(H2,24,25,26,28). The minimum atomic E-state index is -0.384. The first kappa shape index (κ1) is 19.6. The van der Waals surface area contributed by atoms with Crippen LogP contribution in [-0.4, -0.2) is 24.1 Å². The molecule has 4 aromatic rings. The van der Waals surface area contributed by atoms with Crippen LogP contribution in [0, 0.1) is 0 Å². The van der Waals surface area contributed by atoms with Crippen LogP contribution < -0.4 is 10.6 Å². The van der Waals surface area contributed by atoms with Gasteiger partial charge in [0.1, 0.15) is 0 Å². The van der Waals surface area contributed by atoms with E-state index in [0.717, 1.165) is 27.6 Å². The van der Waals surface area contributed by atoms with E-state index in [0.29, 0.717) is 17.2 Å². The van der Waals surface area contributed by atoms with Gasteiger partial charge in [0, 0.05) is 17.5 Å². The Morgan fingerprint density at radius 2 is 1.77 bits per heavy atom. The van der Waals surface area contributed by atoms with Crippen molar-refractivity contribution in [3.63, 3.8) is 0 Å². The lowest BCUT2D eigenvalue weighted by Crippen LogP contribution is -2.28. The zero-order chi connectivity index (χ0) is 20.9. The topological polar surface area (TPSA) is 80.3 Å². The van der Waals surface area contributed by atoms with Crippen LogP contribution in [0.15, 0.2) is 72.1 Å². The van der Waals surface area contributed by atoms with E-state index in [4.69, 9.17) is 4.74 Å². The Hall–Kier alpha value is -3.71. The van der Waals surface area contributed by atoms with Gasteiger partial charge in [0.15, 0.2) is 5.13 Å². The van der Waals surface area contributed by atoms with Crippen LogP contribution in [0.4, 0.5) is 9.93 Å². The van der Waals surface area contributed by atoms with E-state index in [9.17, 15) is 9.59 Å². The molecule has 0 saturated carbocycles. The molecule has 0 fully saturated rings. The van der Waals surface area contributed by atoms with Gasteiger partial charge in [0.2, 0.25) is 0 Å². The Bertz CT molecular complexity index is 1200. The monoisotopic (exact) mass is 417 g/mol. The minimum Gasteiger partial charge on any atom is -0.465 e. The molecule has 0 saturated heterocycles. The van der Waals surface area contributed by atoms with Gasteiger partial charge < -0.3 is 10.1 Å². The Labute approximate surface area is 177 Å². The first-order chi connectivity index (χ1) is 14.6. The average Bonchev–Trinajstić information content (AvgIpc) is 3.25. The number of methoxy groups -OCH3 is 1. The maximum Gasteiger partial charge on any atom is 0.337 e. The highest BCUT2D eigenvalue weighted by molar-refractivity contribution is 7.14. The molecule has 0 aliphatic rings. The summed E-state index contributed by atoms with van der Waals surface area (Å²) < 4.78 is 4.70. The molecule has 2 amide bonds. The van der Waals surface area contributed by atoms with E-state index < -0.39 is 0 Å². The fourth-order valence-corrected chi connectivity index (χ4v) is 3.84. The summed E-state index contributed by atoms with van der Waals surface area (Å²) >= 11 is 1.34. The summed E-state index contributed by atoms with van der Waals surface area (Å²) in [5.74, 6) is -0.384. The number of fused-ring (bicyclic) bond motifs is 1. The van der Waals surface area contributed by atoms with Gasteiger partial charge in [-0.15, -0.1) is 11.3 Å². The number of thiazole rings is 1. The Morgan fingerprint density at radius 3 is 2.57 bits per heavy atom. The van der Waals surface area contributed by atoms with Gasteiger partial charge >= 0.3 is 12.0 Å². The number of nitrogens with one attached hydrogen (secondary N) is 2. The molecule has 0 atom stereocenters. The second-order valence-corrected chi connectivity index (χ2v) is 7.41. The molecule has 3 aromatic carbocycles. The van der Waals surface area contributed by atoms with Crippen LogP contribution in [0.1, 0.15) is 15.9 Å². The molecule has 1 aromatic heterocycles. The summed E-state index contributed by atoms with van der Waals surface area (Å²) in [5, 5.41) is 10.3. The smallest absolute Gasteiger partial charge is 0.337 e. The molecule has 0 aliphatic carbocycles. The van der Waals surface area contributed by atoms with Gasteiger partial charge in [-0.05, 0) is 28.5 Å². The van der Waals surface area contributed by atoms with Crippen LogP contribution in [-0.2, 0) is 11.3 Å². The third-order valence-corrected chi connectivity index (χ3v) is 5.40. The number of esters is 1. The third kappa shape index (κ3) is 4.31. The Kier molecular flexibility index (Phi) is 5.72. The van der Waals surface area contributed by atoms with E-state index in [2.05, 4.69) is 15.6 Å². The van der Waals surface area contributed by atoms with Gasteiger partial charge in [0.05, 0.1) is 18.4 Å². The summed E-state index contributed by atoms with van der Waals surface area (Å²) in [7, 11) is 1.35. The van der Waals surface area contributed by atoms with Crippen LogP contribution in [0.5, 0.6) is 0 Å². The van der Waals surface area contributed by atoms with Crippen molar-refractivity contribution in [1.82, 2.24) is 10.3 Å². The minimum absolute atomic E-state index is 0.315. The van der Waals surface area contributed by atoms with Crippen LogP contribution in [0.3, 0.4) is 0 Å². The largest absolute Gasteiger partial charge is 0.465 e. The van der Waals surface area contributed by atoms with E-state index in [1.165, 1.54) is 18.4 Å². The fraction of sp³-hybridized carbons (Fsp3) is 0.0870. The third-order valence-electron chi connectivity index (χ3n) is 4.65. The first-order valence-electron chi connectivity index (χ1n) is 9.30. The summed E-state index contributed by atoms with van der Waals surface area (Å²) in [6, 6.07) is 20.8. The molecule has 7 heteroatoms. The van der Waals surface area contributed by atoms with Crippen molar-refractivity contribution in [2.45, 2.75) is 6.54 Å². The number of urea groups is 1. The van der Waals surface area contributed by atoms with E-state index in [-0.39, 0.29) is 12.0 Å². The number of benzene rings is 3. The summed E-state index contributed by atoms with van der Waals surface area (Å²) in [6.45, 7) is 0.417. The Morgan fingerprint density at radius 1 is 1.00 bits per heavy atom. The number of amides is 2. The maximum absolute atomic E-state index is 12.3. The Balaban J connectivity index is 1.38. The fourth-order valence-electron chi connectivity index (χ4n) is 3.12. The highest BCUT2D eigenvalue weighted by atomic mass is 32.1.